The first-order valence-electron chi connectivity index (χ1n) is 7.63. The van der Waals surface area contributed by atoms with Gasteiger partial charge in [-0.3, -0.25) is 0 Å². The minimum atomic E-state index is -0.113. The number of nitrogens with one attached hydrogen (secondary N) is 1. The highest BCUT2D eigenvalue weighted by Crippen LogP contribution is 2.30. The van der Waals surface area contributed by atoms with E-state index in [1.165, 1.54) is 24.0 Å². The van der Waals surface area contributed by atoms with Crippen LogP contribution in [0.1, 0.15) is 29.5 Å². The van der Waals surface area contributed by atoms with Gasteiger partial charge in [-0.2, -0.15) is 0 Å². The van der Waals surface area contributed by atoms with E-state index in [1.807, 2.05) is 24.3 Å². The molecule has 1 saturated carbocycles. The molecule has 0 amide bonds. The van der Waals surface area contributed by atoms with E-state index in [0.29, 0.717) is 11.7 Å². The van der Waals surface area contributed by atoms with Gasteiger partial charge in [0.05, 0.1) is 5.69 Å². The summed E-state index contributed by atoms with van der Waals surface area (Å²) < 4.78 is 14.4. The van der Waals surface area contributed by atoms with Crippen LogP contribution in [0.3, 0.4) is 0 Å². The van der Waals surface area contributed by atoms with E-state index in [0.717, 1.165) is 25.2 Å². The van der Waals surface area contributed by atoms with Crippen molar-refractivity contribution in [3.05, 3.63) is 65.0 Å². The number of benzene rings is 2. The Balaban J connectivity index is 1.50. The molecular formula is C18H19FN2. The van der Waals surface area contributed by atoms with Gasteiger partial charge >= 0.3 is 0 Å². The Morgan fingerprint density at radius 3 is 2.38 bits per heavy atom. The first kappa shape index (κ1) is 12.8. The van der Waals surface area contributed by atoms with Gasteiger partial charge in [0.2, 0.25) is 0 Å². The summed E-state index contributed by atoms with van der Waals surface area (Å²) in [5, 5.41) is 3.42. The molecule has 0 aromatic heterocycles. The zero-order valence-electron chi connectivity index (χ0n) is 12.0. The maximum absolute atomic E-state index is 14.4. The van der Waals surface area contributed by atoms with Crippen LogP contribution < -0.4 is 10.2 Å². The zero-order valence-corrected chi connectivity index (χ0v) is 12.0. The lowest BCUT2D eigenvalue weighted by atomic mass is 10.1. The molecule has 2 aliphatic rings. The molecular weight excluding hydrogens is 263 g/mol. The first-order chi connectivity index (χ1) is 10.3. The summed E-state index contributed by atoms with van der Waals surface area (Å²) in [6, 6.07) is 14.6. The second-order valence-corrected chi connectivity index (χ2v) is 6.07. The maximum Gasteiger partial charge on any atom is 0.146 e. The standard InChI is InChI=1S/C18H19FN2/c19-17-9-13(10-20-16-6-7-16)5-8-18(17)21-11-14-3-1-2-4-15(14)12-21/h1-5,8-9,16,20H,6-7,10-12H2. The van der Waals surface area contributed by atoms with Crippen LogP contribution in [0.2, 0.25) is 0 Å². The van der Waals surface area contributed by atoms with Crippen molar-refractivity contribution in [2.45, 2.75) is 38.5 Å². The predicted molar refractivity (Wildman–Crippen MR) is 82.6 cm³/mol. The molecule has 2 aromatic rings. The molecule has 21 heavy (non-hydrogen) atoms. The number of hydrogen-bond acceptors (Lipinski definition) is 2. The molecule has 2 aromatic carbocycles. The molecule has 1 heterocycles. The lowest BCUT2D eigenvalue weighted by molar-refractivity contribution is 0.612. The van der Waals surface area contributed by atoms with Crippen molar-refractivity contribution in [2.75, 3.05) is 4.90 Å². The Kier molecular flexibility index (Phi) is 3.15. The van der Waals surface area contributed by atoms with Gasteiger partial charge in [0.25, 0.3) is 0 Å². The third-order valence-electron chi connectivity index (χ3n) is 4.37. The Bertz CT molecular complexity index is 639. The molecule has 0 radical (unpaired) electrons. The van der Waals surface area contributed by atoms with Crippen molar-refractivity contribution >= 4 is 5.69 Å². The summed E-state index contributed by atoms with van der Waals surface area (Å²) in [6.07, 6.45) is 2.51. The van der Waals surface area contributed by atoms with Crippen LogP contribution in [-0.4, -0.2) is 6.04 Å². The third-order valence-corrected chi connectivity index (χ3v) is 4.37. The molecule has 2 nitrogen and oxygen atoms in total. The van der Waals surface area contributed by atoms with E-state index in [4.69, 9.17) is 0 Å². The SMILES string of the molecule is Fc1cc(CNC2CC2)ccc1N1Cc2ccccc2C1. The summed E-state index contributed by atoms with van der Waals surface area (Å²) in [7, 11) is 0. The monoisotopic (exact) mass is 282 g/mol. The largest absolute Gasteiger partial charge is 0.360 e. The Morgan fingerprint density at radius 2 is 1.76 bits per heavy atom. The first-order valence-corrected chi connectivity index (χ1v) is 7.63. The minimum absolute atomic E-state index is 0.113. The molecule has 0 spiro atoms. The van der Waals surface area contributed by atoms with Crippen molar-refractivity contribution in [3.63, 3.8) is 0 Å². The maximum atomic E-state index is 14.4. The van der Waals surface area contributed by atoms with Crippen molar-refractivity contribution in [1.82, 2.24) is 5.32 Å². The molecule has 0 atom stereocenters. The summed E-state index contributed by atoms with van der Waals surface area (Å²) in [5.74, 6) is -0.113. The Labute approximate surface area is 124 Å². The fourth-order valence-corrected chi connectivity index (χ4v) is 2.97. The van der Waals surface area contributed by atoms with E-state index in [2.05, 4.69) is 22.3 Å². The van der Waals surface area contributed by atoms with Crippen LogP contribution in [0.4, 0.5) is 10.1 Å². The van der Waals surface area contributed by atoms with Crippen molar-refractivity contribution in [3.8, 4) is 0 Å². The van der Waals surface area contributed by atoms with Gasteiger partial charge in [0.1, 0.15) is 5.82 Å². The lowest BCUT2D eigenvalue weighted by Crippen LogP contribution is -2.18. The van der Waals surface area contributed by atoms with E-state index in [9.17, 15) is 4.39 Å². The van der Waals surface area contributed by atoms with Crippen LogP contribution in [-0.2, 0) is 19.6 Å². The van der Waals surface area contributed by atoms with E-state index < -0.39 is 0 Å². The quantitative estimate of drug-likeness (QED) is 0.921. The minimum Gasteiger partial charge on any atom is -0.360 e. The normalized spacial score (nSPS) is 17.1. The smallest absolute Gasteiger partial charge is 0.146 e. The van der Waals surface area contributed by atoms with Gasteiger partial charge < -0.3 is 10.2 Å². The summed E-state index contributed by atoms with van der Waals surface area (Å²) >= 11 is 0. The van der Waals surface area contributed by atoms with Crippen molar-refractivity contribution < 1.29 is 4.39 Å². The van der Waals surface area contributed by atoms with Gasteiger partial charge in [-0.1, -0.05) is 30.3 Å². The van der Waals surface area contributed by atoms with Crippen LogP contribution >= 0.6 is 0 Å². The van der Waals surface area contributed by atoms with Crippen LogP contribution in [0, 0.1) is 5.82 Å². The second-order valence-electron chi connectivity index (χ2n) is 6.07. The average Bonchev–Trinajstić information content (AvgIpc) is 3.22. The molecule has 1 N–H and O–H groups in total. The topological polar surface area (TPSA) is 15.3 Å². The van der Waals surface area contributed by atoms with E-state index in [1.54, 1.807) is 6.07 Å². The predicted octanol–water partition coefficient (Wildman–Crippen LogP) is 3.60. The van der Waals surface area contributed by atoms with Crippen molar-refractivity contribution in [1.29, 1.82) is 0 Å². The number of rotatable bonds is 4. The highest BCUT2D eigenvalue weighted by atomic mass is 19.1. The molecule has 108 valence electrons. The van der Waals surface area contributed by atoms with Gasteiger partial charge in [0, 0.05) is 25.7 Å². The van der Waals surface area contributed by atoms with Gasteiger partial charge in [-0.15, -0.1) is 0 Å². The highest BCUT2D eigenvalue weighted by Gasteiger charge is 2.22. The average molecular weight is 282 g/mol. The molecule has 3 heteroatoms. The zero-order chi connectivity index (χ0) is 14.2. The number of halogens is 1. The number of anilines is 1. The van der Waals surface area contributed by atoms with E-state index >= 15 is 0 Å². The Hall–Kier alpha value is -1.87. The van der Waals surface area contributed by atoms with Crippen LogP contribution in [0.15, 0.2) is 42.5 Å². The lowest BCUT2D eigenvalue weighted by Gasteiger charge is -2.19. The molecule has 0 saturated heterocycles. The number of nitrogens with zero attached hydrogens (tertiary/aromatic N) is 1. The van der Waals surface area contributed by atoms with Gasteiger partial charge in [0.15, 0.2) is 0 Å². The highest BCUT2D eigenvalue weighted by molar-refractivity contribution is 5.53. The fourth-order valence-electron chi connectivity index (χ4n) is 2.97. The molecule has 1 aliphatic heterocycles. The number of hydrogen-bond donors (Lipinski definition) is 1. The molecule has 0 bridgehead atoms. The summed E-state index contributed by atoms with van der Waals surface area (Å²) in [5.41, 5.74) is 4.34. The van der Waals surface area contributed by atoms with Crippen LogP contribution in [0.25, 0.3) is 0 Å². The summed E-state index contributed by atoms with van der Waals surface area (Å²) in [6.45, 7) is 2.36. The molecule has 1 aliphatic carbocycles. The van der Waals surface area contributed by atoms with Gasteiger partial charge in [-0.25, -0.2) is 4.39 Å². The van der Waals surface area contributed by atoms with Crippen LogP contribution in [0.5, 0.6) is 0 Å². The molecule has 0 unspecified atom stereocenters. The molecule has 1 fully saturated rings. The summed E-state index contributed by atoms with van der Waals surface area (Å²) in [4.78, 5) is 2.11. The fraction of sp³-hybridized carbons (Fsp3) is 0.333. The van der Waals surface area contributed by atoms with Crippen molar-refractivity contribution in [2.24, 2.45) is 0 Å². The number of fused-ring (bicyclic) bond motifs is 1. The van der Waals surface area contributed by atoms with Gasteiger partial charge in [-0.05, 0) is 41.7 Å². The second kappa shape index (κ2) is 5.15. The Morgan fingerprint density at radius 1 is 1.05 bits per heavy atom. The third kappa shape index (κ3) is 2.66. The molecule has 4 rings (SSSR count). The van der Waals surface area contributed by atoms with E-state index in [-0.39, 0.29) is 5.82 Å².